The van der Waals surface area contributed by atoms with Crippen LogP contribution in [0.4, 0.5) is 16.0 Å². The van der Waals surface area contributed by atoms with Gasteiger partial charge in [-0.05, 0) is 69.0 Å². The summed E-state index contributed by atoms with van der Waals surface area (Å²) in [5.41, 5.74) is 1.50. The molecule has 2 aliphatic rings. The molecular formula is C26H31FN6O3S. The van der Waals surface area contributed by atoms with Crippen molar-refractivity contribution in [3.05, 3.63) is 54.1 Å². The van der Waals surface area contributed by atoms with Gasteiger partial charge in [0.1, 0.15) is 0 Å². The number of rotatable bonds is 8. The molecular weight excluding hydrogens is 495 g/mol. The molecule has 1 saturated carbocycles. The molecule has 1 aromatic carbocycles. The van der Waals surface area contributed by atoms with Crippen LogP contribution in [0.25, 0.3) is 11.3 Å². The molecule has 0 spiro atoms. The molecule has 5 rings (SSSR count). The van der Waals surface area contributed by atoms with Crippen LogP contribution >= 0.6 is 0 Å². The minimum absolute atomic E-state index is 0.0905. The first-order valence-electron chi connectivity index (χ1n) is 12.6. The highest BCUT2D eigenvalue weighted by molar-refractivity contribution is 7.93. The van der Waals surface area contributed by atoms with Crippen molar-refractivity contribution in [1.29, 1.82) is 0 Å². The fourth-order valence-corrected chi connectivity index (χ4v) is 6.38. The monoisotopic (exact) mass is 526 g/mol. The first-order chi connectivity index (χ1) is 17.9. The van der Waals surface area contributed by atoms with Crippen LogP contribution in [-0.4, -0.2) is 47.8 Å². The molecule has 3 N–H and O–H groups in total. The van der Waals surface area contributed by atoms with E-state index in [1.165, 1.54) is 6.07 Å². The van der Waals surface area contributed by atoms with E-state index in [-0.39, 0.29) is 23.4 Å². The van der Waals surface area contributed by atoms with Gasteiger partial charge in [0, 0.05) is 25.0 Å². The summed E-state index contributed by atoms with van der Waals surface area (Å²) in [6.07, 6.45) is 8.19. The fourth-order valence-electron chi connectivity index (χ4n) is 4.79. The number of aromatic nitrogens is 3. The summed E-state index contributed by atoms with van der Waals surface area (Å²) in [7, 11) is -3.70. The van der Waals surface area contributed by atoms with Crippen LogP contribution in [0.15, 0.2) is 42.7 Å². The Morgan fingerprint density at radius 3 is 2.68 bits per heavy atom. The molecule has 3 heterocycles. The Bertz CT molecular complexity index is 1360. The molecule has 11 heteroatoms. The molecule has 9 nitrogen and oxygen atoms in total. The maximum atomic E-state index is 15.6. The minimum Gasteiger partial charge on any atom is -0.435 e. The van der Waals surface area contributed by atoms with E-state index in [9.17, 15) is 8.42 Å². The van der Waals surface area contributed by atoms with Crippen LogP contribution in [0.1, 0.15) is 44.1 Å². The maximum absolute atomic E-state index is 15.6. The third kappa shape index (κ3) is 5.83. The molecule has 0 bridgehead atoms. The largest absolute Gasteiger partial charge is 0.435 e. The van der Waals surface area contributed by atoms with Crippen LogP contribution in [0.2, 0.25) is 0 Å². The van der Waals surface area contributed by atoms with Crippen LogP contribution in [-0.2, 0) is 10.0 Å². The smallest absolute Gasteiger partial charge is 0.235 e. The van der Waals surface area contributed by atoms with Crippen LogP contribution < -0.4 is 20.1 Å². The summed E-state index contributed by atoms with van der Waals surface area (Å²) in [4.78, 5) is 13.3. The standard InChI is InChI=1S/C26H31FN6O3S/c1-17-10-11-22(33-37(34,35)19-7-2-3-8-19)23(27)24(17)36-25-20(9-5-14-29-25)21-12-15-30-26(32-21)31-18-6-4-13-28-16-18/h5,9-12,14-15,18-19,28,33H,2-4,6-8,13,16H2,1H3,(H,30,31,32)/t18-/m0/s1. The number of ether oxygens (including phenoxy) is 1. The number of sulfonamides is 1. The zero-order valence-electron chi connectivity index (χ0n) is 20.7. The van der Waals surface area contributed by atoms with Gasteiger partial charge in [-0.25, -0.2) is 27.8 Å². The van der Waals surface area contributed by atoms with E-state index in [2.05, 4.69) is 30.3 Å². The lowest BCUT2D eigenvalue weighted by atomic mass is 10.1. The van der Waals surface area contributed by atoms with Crippen molar-refractivity contribution in [2.45, 2.75) is 56.7 Å². The van der Waals surface area contributed by atoms with Crippen molar-refractivity contribution in [3.8, 4) is 22.9 Å². The van der Waals surface area contributed by atoms with Crippen molar-refractivity contribution in [3.63, 3.8) is 0 Å². The van der Waals surface area contributed by atoms with E-state index in [1.807, 2.05) is 0 Å². The van der Waals surface area contributed by atoms with E-state index in [0.717, 1.165) is 38.8 Å². The van der Waals surface area contributed by atoms with Gasteiger partial charge in [-0.2, -0.15) is 0 Å². The lowest BCUT2D eigenvalue weighted by Crippen LogP contribution is -2.38. The molecule has 37 heavy (non-hydrogen) atoms. The average molecular weight is 527 g/mol. The molecule has 1 saturated heterocycles. The number of hydrogen-bond acceptors (Lipinski definition) is 8. The van der Waals surface area contributed by atoms with Gasteiger partial charge in [0.25, 0.3) is 0 Å². The highest BCUT2D eigenvalue weighted by Crippen LogP contribution is 2.37. The summed E-state index contributed by atoms with van der Waals surface area (Å²) >= 11 is 0. The molecule has 2 fully saturated rings. The molecule has 2 aromatic heterocycles. The van der Waals surface area contributed by atoms with Gasteiger partial charge in [0.2, 0.25) is 21.9 Å². The number of nitrogens with zero attached hydrogens (tertiary/aromatic N) is 3. The predicted molar refractivity (Wildman–Crippen MR) is 141 cm³/mol. The van der Waals surface area contributed by atoms with Crippen molar-refractivity contribution < 1.29 is 17.5 Å². The molecule has 0 unspecified atom stereocenters. The van der Waals surface area contributed by atoms with Crippen molar-refractivity contribution in [2.24, 2.45) is 0 Å². The third-order valence-corrected chi connectivity index (χ3v) is 8.67. The maximum Gasteiger partial charge on any atom is 0.235 e. The van der Waals surface area contributed by atoms with E-state index >= 15 is 4.39 Å². The Kier molecular flexibility index (Phi) is 7.52. The number of pyridine rings is 1. The van der Waals surface area contributed by atoms with E-state index in [0.29, 0.717) is 35.6 Å². The van der Waals surface area contributed by atoms with Gasteiger partial charge in [0.05, 0.1) is 22.2 Å². The van der Waals surface area contributed by atoms with Gasteiger partial charge in [0.15, 0.2) is 11.6 Å². The third-order valence-electron chi connectivity index (χ3n) is 6.82. The Labute approximate surface area is 216 Å². The summed E-state index contributed by atoms with van der Waals surface area (Å²) in [5.74, 6) is -0.226. The van der Waals surface area contributed by atoms with Crippen LogP contribution in [0, 0.1) is 12.7 Å². The lowest BCUT2D eigenvalue weighted by Gasteiger charge is -2.23. The topological polar surface area (TPSA) is 118 Å². The van der Waals surface area contributed by atoms with Crippen LogP contribution in [0.5, 0.6) is 11.6 Å². The number of piperidine rings is 1. The summed E-state index contributed by atoms with van der Waals surface area (Å²) in [5, 5.41) is 6.21. The van der Waals surface area contributed by atoms with Crippen LogP contribution in [0.3, 0.4) is 0 Å². The molecule has 0 radical (unpaired) electrons. The Morgan fingerprint density at radius 1 is 1.05 bits per heavy atom. The van der Waals surface area contributed by atoms with Crippen molar-refractivity contribution in [2.75, 3.05) is 23.1 Å². The molecule has 1 aliphatic heterocycles. The Balaban J connectivity index is 1.41. The van der Waals surface area contributed by atoms with Gasteiger partial charge in [-0.3, -0.25) is 4.72 Å². The highest BCUT2D eigenvalue weighted by atomic mass is 32.2. The van der Waals surface area contributed by atoms with Gasteiger partial charge in [-0.15, -0.1) is 0 Å². The Hall–Kier alpha value is -3.31. The van der Waals surface area contributed by atoms with Crippen molar-refractivity contribution >= 4 is 21.7 Å². The van der Waals surface area contributed by atoms with Gasteiger partial charge < -0.3 is 15.4 Å². The zero-order valence-corrected chi connectivity index (χ0v) is 21.5. The zero-order chi connectivity index (χ0) is 25.8. The molecule has 1 atom stereocenters. The lowest BCUT2D eigenvalue weighted by molar-refractivity contribution is 0.427. The second-order valence-electron chi connectivity index (χ2n) is 9.54. The number of nitrogens with one attached hydrogen (secondary N) is 3. The Morgan fingerprint density at radius 2 is 1.89 bits per heavy atom. The molecule has 0 amide bonds. The highest BCUT2D eigenvalue weighted by Gasteiger charge is 2.30. The summed E-state index contributed by atoms with van der Waals surface area (Å²) in [6, 6.07) is 8.56. The molecule has 1 aliphatic carbocycles. The number of aryl methyl sites for hydroxylation is 1. The number of benzene rings is 1. The quantitative estimate of drug-likeness (QED) is 0.389. The van der Waals surface area contributed by atoms with E-state index in [1.54, 1.807) is 43.6 Å². The second kappa shape index (κ2) is 11.0. The number of halogens is 1. The number of anilines is 2. The first-order valence-corrected chi connectivity index (χ1v) is 14.2. The predicted octanol–water partition coefficient (Wildman–Crippen LogP) is 4.63. The minimum atomic E-state index is -3.70. The van der Waals surface area contributed by atoms with Crippen molar-refractivity contribution in [1.82, 2.24) is 20.3 Å². The summed E-state index contributed by atoms with van der Waals surface area (Å²) in [6.45, 7) is 3.55. The number of hydrogen-bond donors (Lipinski definition) is 3. The normalized spacial score (nSPS) is 18.5. The van der Waals surface area contributed by atoms with Gasteiger partial charge in [-0.1, -0.05) is 18.9 Å². The first kappa shape index (κ1) is 25.3. The fraction of sp³-hybridized carbons (Fsp3) is 0.423. The molecule has 3 aromatic rings. The van der Waals surface area contributed by atoms with E-state index < -0.39 is 21.1 Å². The SMILES string of the molecule is Cc1ccc(NS(=O)(=O)C2CCCC2)c(F)c1Oc1ncccc1-c1ccnc(N[C@H]2CCCNC2)n1. The average Bonchev–Trinajstić information content (AvgIpc) is 3.46. The van der Waals surface area contributed by atoms with E-state index in [4.69, 9.17) is 4.74 Å². The summed E-state index contributed by atoms with van der Waals surface area (Å²) < 4.78 is 49.5. The second-order valence-corrected chi connectivity index (χ2v) is 11.5. The van der Waals surface area contributed by atoms with Gasteiger partial charge >= 0.3 is 0 Å². The molecule has 196 valence electrons.